The maximum Gasteiger partial charge on any atom is 0.418 e. The zero-order valence-corrected chi connectivity index (χ0v) is 17.3. The van der Waals surface area contributed by atoms with Gasteiger partial charge >= 0.3 is 6.18 Å². The fourth-order valence-corrected chi connectivity index (χ4v) is 4.40. The third kappa shape index (κ3) is 4.06. The number of primary amides is 1. The van der Waals surface area contributed by atoms with Crippen LogP contribution in [0.5, 0.6) is 0 Å². The van der Waals surface area contributed by atoms with Crippen molar-refractivity contribution in [3.8, 4) is 5.69 Å². The number of anilines is 1. The third-order valence-electron chi connectivity index (χ3n) is 5.81. The molecule has 1 aromatic carbocycles. The Hall–Kier alpha value is -2.81. The highest BCUT2D eigenvalue weighted by Gasteiger charge is 2.43. The monoisotopic (exact) mass is 435 g/mol. The van der Waals surface area contributed by atoms with Crippen molar-refractivity contribution < 1.29 is 27.5 Å². The van der Waals surface area contributed by atoms with Crippen molar-refractivity contribution in [2.45, 2.75) is 45.3 Å². The molecular weight excluding hydrogens is 411 g/mol. The first-order valence-electron chi connectivity index (χ1n) is 10.1. The third-order valence-corrected chi connectivity index (χ3v) is 5.81. The fraction of sp³-hybridized carbons (Fsp3) is 0.455. The highest BCUT2D eigenvalue weighted by atomic mass is 19.4. The van der Waals surface area contributed by atoms with E-state index in [4.69, 9.17) is 10.5 Å². The van der Waals surface area contributed by atoms with Gasteiger partial charge in [-0.1, -0.05) is 13.8 Å². The zero-order valence-electron chi connectivity index (χ0n) is 17.3. The lowest BCUT2D eigenvalue weighted by Gasteiger charge is -2.30. The highest BCUT2D eigenvalue weighted by Crippen LogP contribution is 2.43. The van der Waals surface area contributed by atoms with E-state index in [1.165, 1.54) is 10.6 Å². The SMILES string of the molecule is CC1(C)CC(=O)c2c(C(F)(F)F)cn(-c3ccc(C(N)=O)c(NC4CCOC4)c3)c2C1. The first-order valence-corrected chi connectivity index (χ1v) is 10.1. The molecular formula is C22H24F3N3O3. The molecule has 1 aliphatic carbocycles. The van der Waals surface area contributed by atoms with Gasteiger partial charge in [0.2, 0.25) is 0 Å². The number of ether oxygens (including phenoxy) is 1. The van der Waals surface area contributed by atoms with Gasteiger partial charge in [0.05, 0.1) is 29.3 Å². The standard InChI is InChI=1S/C22H24F3N3O3/c1-21(2)8-17-19(18(29)9-21)15(22(23,24)25)10-28(17)13-3-4-14(20(26)30)16(7-13)27-12-5-6-31-11-12/h3-4,7,10,12,27H,5-6,8-9,11H2,1-2H3,(H2,26,30). The lowest BCUT2D eigenvalue weighted by atomic mass is 9.75. The summed E-state index contributed by atoms with van der Waals surface area (Å²) < 4.78 is 48.0. The smallest absolute Gasteiger partial charge is 0.379 e. The van der Waals surface area contributed by atoms with Gasteiger partial charge in [0, 0.05) is 36.3 Å². The van der Waals surface area contributed by atoms with Crippen molar-refractivity contribution in [3.05, 3.63) is 46.8 Å². The maximum absolute atomic E-state index is 13.7. The van der Waals surface area contributed by atoms with Crippen LogP contribution < -0.4 is 11.1 Å². The summed E-state index contributed by atoms with van der Waals surface area (Å²) >= 11 is 0. The van der Waals surface area contributed by atoms with Gasteiger partial charge in [0.1, 0.15) is 0 Å². The molecule has 0 radical (unpaired) electrons. The Kier molecular flexibility index (Phi) is 5.12. The molecule has 1 atom stereocenters. The van der Waals surface area contributed by atoms with E-state index < -0.39 is 28.8 Å². The second kappa shape index (κ2) is 7.40. The number of rotatable bonds is 4. The van der Waals surface area contributed by atoms with Crippen molar-refractivity contribution in [1.29, 1.82) is 0 Å². The van der Waals surface area contributed by atoms with Crippen LogP contribution in [0.15, 0.2) is 24.4 Å². The van der Waals surface area contributed by atoms with Gasteiger partial charge in [-0.15, -0.1) is 0 Å². The molecule has 0 bridgehead atoms. The summed E-state index contributed by atoms with van der Waals surface area (Å²) in [6.07, 6.45) is -2.56. The second-order valence-electron chi connectivity index (χ2n) is 8.97. The van der Waals surface area contributed by atoms with E-state index in [1.807, 2.05) is 13.8 Å². The van der Waals surface area contributed by atoms with E-state index in [1.54, 1.807) is 12.1 Å². The van der Waals surface area contributed by atoms with E-state index >= 15 is 0 Å². The largest absolute Gasteiger partial charge is 0.418 e. The number of carbonyl (C=O) groups is 2. The van der Waals surface area contributed by atoms with Crippen molar-refractivity contribution in [2.24, 2.45) is 11.1 Å². The quantitative estimate of drug-likeness (QED) is 0.762. The van der Waals surface area contributed by atoms with Crippen molar-refractivity contribution in [1.82, 2.24) is 4.57 Å². The molecule has 0 saturated carbocycles. The van der Waals surface area contributed by atoms with E-state index in [2.05, 4.69) is 5.32 Å². The predicted octanol–water partition coefficient (Wildman–Crippen LogP) is 3.95. The summed E-state index contributed by atoms with van der Waals surface area (Å²) in [5.74, 6) is -1.15. The summed E-state index contributed by atoms with van der Waals surface area (Å²) in [6, 6.07) is 4.61. The van der Waals surface area contributed by atoms with Crippen molar-refractivity contribution in [3.63, 3.8) is 0 Å². The Balaban J connectivity index is 1.86. The fourth-order valence-electron chi connectivity index (χ4n) is 4.40. The van der Waals surface area contributed by atoms with Gasteiger partial charge in [0.15, 0.2) is 5.78 Å². The van der Waals surface area contributed by atoms with Crippen LogP contribution in [-0.4, -0.2) is 35.5 Å². The molecule has 2 heterocycles. The first-order chi connectivity index (χ1) is 14.5. The van der Waals surface area contributed by atoms with Crippen LogP contribution in [-0.2, 0) is 17.3 Å². The van der Waals surface area contributed by atoms with Gasteiger partial charge in [-0.05, 0) is 36.5 Å². The number of hydrogen-bond acceptors (Lipinski definition) is 4. The summed E-state index contributed by atoms with van der Waals surface area (Å²) in [5, 5.41) is 3.21. The lowest BCUT2D eigenvalue weighted by molar-refractivity contribution is -0.137. The molecule has 9 heteroatoms. The summed E-state index contributed by atoms with van der Waals surface area (Å²) in [7, 11) is 0. The van der Waals surface area contributed by atoms with Crippen LogP contribution in [0.25, 0.3) is 5.69 Å². The Bertz CT molecular complexity index is 1050. The average molecular weight is 435 g/mol. The normalized spacial score (nSPS) is 20.5. The predicted molar refractivity (Wildman–Crippen MR) is 109 cm³/mol. The molecule has 31 heavy (non-hydrogen) atoms. The van der Waals surface area contributed by atoms with Crippen LogP contribution in [0.4, 0.5) is 18.9 Å². The van der Waals surface area contributed by atoms with E-state index in [9.17, 15) is 22.8 Å². The molecule has 1 aliphatic heterocycles. The summed E-state index contributed by atoms with van der Waals surface area (Å²) in [6.45, 7) is 4.77. The van der Waals surface area contributed by atoms with Crippen LogP contribution in [0.1, 0.15) is 58.7 Å². The minimum Gasteiger partial charge on any atom is -0.379 e. The molecule has 3 N–H and O–H groups in total. The molecule has 0 spiro atoms. The molecule has 1 saturated heterocycles. The van der Waals surface area contributed by atoms with Gasteiger partial charge < -0.3 is 20.4 Å². The molecule has 166 valence electrons. The number of fused-ring (bicyclic) bond motifs is 1. The number of benzene rings is 1. The second-order valence-corrected chi connectivity index (χ2v) is 8.97. The molecule has 2 aromatic rings. The zero-order chi connectivity index (χ0) is 22.6. The highest BCUT2D eigenvalue weighted by molar-refractivity contribution is 6.01. The van der Waals surface area contributed by atoms with Crippen molar-refractivity contribution >= 4 is 17.4 Å². The number of halogens is 3. The van der Waals surface area contributed by atoms with Gasteiger partial charge in [0.25, 0.3) is 5.91 Å². The number of ketones is 1. The van der Waals surface area contributed by atoms with Gasteiger partial charge in [-0.25, -0.2) is 0 Å². The van der Waals surface area contributed by atoms with Crippen LogP contribution in [0.3, 0.4) is 0 Å². The summed E-state index contributed by atoms with van der Waals surface area (Å²) in [4.78, 5) is 24.5. The van der Waals surface area contributed by atoms with E-state index in [0.717, 1.165) is 12.6 Å². The Morgan fingerprint density at radius 3 is 2.65 bits per heavy atom. The maximum atomic E-state index is 13.7. The minimum atomic E-state index is -4.65. The number of carbonyl (C=O) groups excluding carboxylic acids is 2. The Labute approximate surface area is 177 Å². The topological polar surface area (TPSA) is 86.4 Å². The number of amides is 1. The average Bonchev–Trinajstić information content (AvgIpc) is 3.27. The molecule has 6 nitrogen and oxygen atoms in total. The molecule has 1 fully saturated rings. The van der Waals surface area contributed by atoms with Crippen molar-refractivity contribution in [2.75, 3.05) is 18.5 Å². The molecule has 1 aromatic heterocycles. The van der Waals surface area contributed by atoms with Crippen LogP contribution in [0.2, 0.25) is 0 Å². The van der Waals surface area contributed by atoms with Gasteiger partial charge in [-0.3, -0.25) is 9.59 Å². The van der Waals surface area contributed by atoms with E-state index in [0.29, 0.717) is 36.7 Å². The van der Waals surface area contributed by atoms with E-state index in [-0.39, 0.29) is 23.6 Å². The number of aromatic nitrogens is 1. The number of alkyl halides is 3. The Morgan fingerprint density at radius 1 is 1.29 bits per heavy atom. The number of nitrogens with zero attached hydrogens (tertiary/aromatic N) is 1. The Morgan fingerprint density at radius 2 is 2.03 bits per heavy atom. The summed E-state index contributed by atoms with van der Waals surface area (Å²) in [5.41, 5.74) is 5.26. The minimum absolute atomic E-state index is 0.0295. The van der Waals surface area contributed by atoms with Gasteiger partial charge in [-0.2, -0.15) is 13.2 Å². The van der Waals surface area contributed by atoms with Crippen LogP contribution in [0, 0.1) is 5.41 Å². The lowest BCUT2D eigenvalue weighted by Crippen LogP contribution is -2.29. The molecule has 1 amide bonds. The number of nitrogens with two attached hydrogens (primary N) is 1. The molecule has 2 aliphatic rings. The number of hydrogen-bond donors (Lipinski definition) is 2. The molecule has 4 rings (SSSR count). The number of nitrogens with one attached hydrogen (secondary N) is 1. The number of Topliss-reactive ketones (excluding diaryl/α,β-unsaturated/α-hetero) is 1. The van der Waals surface area contributed by atoms with Crippen LogP contribution >= 0.6 is 0 Å². The first kappa shape index (κ1) is 21.4. The molecule has 1 unspecified atom stereocenters.